The highest BCUT2D eigenvalue weighted by Crippen LogP contribution is 2.30. The Hall–Kier alpha value is -2.90. The molecule has 3 aromatic rings. The molecule has 0 radical (unpaired) electrons. The van der Waals surface area contributed by atoms with Crippen molar-refractivity contribution in [1.29, 1.82) is 0 Å². The van der Waals surface area contributed by atoms with Crippen LogP contribution < -0.4 is 14.8 Å². The van der Waals surface area contributed by atoms with Crippen molar-refractivity contribution >= 4 is 22.9 Å². The molecule has 7 heteroatoms. The van der Waals surface area contributed by atoms with Crippen LogP contribution in [0.25, 0.3) is 0 Å². The summed E-state index contributed by atoms with van der Waals surface area (Å²) in [5.41, 5.74) is 2.66. The Morgan fingerprint density at radius 3 is 2.47 bits per heavy atom. The highest BCUT2D eigenvalue weighted by atomic mass is 32.1. The smallest absolute Gasteiger partial charge is 0.230 e. The van der Waals surface area contributed by atoms with Gasteiger partial charge in [-0.15, -0.1) is 11.3 Å². The summed E-state index contributed by atoms with van der Waals surface area (Å²) in [7, 11) is 1.62. The lowest BCUT2D eigenvalue weighted by Crippen LogP contribution is -2.39. The van der Waals surface area contributed by atoms with E-state index in [2.05, 4.69) is 55.0 Å². The molecule has 0 saturated heterocycles. The first-order chi connectivity index (χ1) is 16.4. The van der Waals surface area contributed by atoms with Gasteiger partial charge < -0.3 is 14.8 Å². The van der Waals surface area contributed by atoms with Gasteiger partial charge in [-0.2, -0.15) is 0 Å². The third kappa shape index (κ3) is 7.57. The Morgan fingerprint density at radius 1 is 1.06 bits per heavy atom. The van der Waals surface area contributed by atoms with Crippen LogP contribution in [0, 0.1) is 0 Å². The van der Waals surface area contributed by atoms with E-state index in [0.29, 0.717) is 35.9 Å². The van der Waals surface area contributed by atoms with E-state index in [0.717, 1.165) is 23.7 Å². The number of methoxy groups -OCH3 is 1. The van der Waals surface area contributed by atoms with Crippen molar-refractivity contribution in [3.05, 3.63) is 70.2 Å². The summed E-state index contributed by atoms with van der Waals surface area (Å²) >= 11 is 1.58. The van der Waals surface area contributed by atoms with Crippen LogP contribution in [0.5, 0.6) is 11.5 Å². The van der Waals surface area contributed by atoms with Crippen LogP contribution in [0.2, 0.25) is 0 Å². The molecule has 0 aliphatic rings. The van der Waals surface area contributed by atoms with Gasteiger partial charge >= 0.3 is 0 Å². The molecule has 0 saturated carbocycles. The van der Waals surface area contributed by atoms with Gasteiger partial charge in [0.25, 0.3) is 0 Å². The number of amides is 1. The van der Waals surface area contributed by atoms with Crippen molar-refractivity contribution in [2.24, 2.45) is 0 Å². The number of nitrogens with zero attached hydrogens (tertiary/aromatic N) is 2. The number of ether oxygens (including phenoxy) is 2. The number of benzene rings is 2. The van der Waals surface area contributed by atoms with Crippen LogP contribution in [0.3, 0.4) is 0 Å². The van der Waals surface area contributed by atoms with E-state index in [9.17, 15) is 4.79 Å². The number of anilines is 1. The summed E-state index contributed by atoms with van der Waals surface area (Å²) in [6.07, 6.45) is 1.00. The molecule has 3 rings (SSSR count). The summed E-state index contributed by atoms with van der Waals surface area (Å²) in [4.78, 5) is 19.6. The van der Waals surface area contributed by atoms with E-state index < -0.39 is 0 Å². The molecule has 1 aromatic heterocycles. The van der Waals surface area contributed by atoms with Gasteiger partial charge in [0, 0.05) is 42.2 Å². The number of hydrogen-bond acceptors (Lipinski definition) is 6. The van der Waals surface area contributed by atoms with E-state index in [1.807, 2.05) is 41.8 Å². The molecule has 1 amide bonds. The maximum absolute atomic E-state index is 12.6. The first-order valence-corrected chi connectivity index (χ1v) is 12.6. The van der Waals surface area contributed by atoms with Gasteiger partial charge in [0.1, 0.15) is 6.61 Å². The molecule has 6 nitrogen and oxygen atoms in total. The quantitative estimate of drug-likeness (QED) is 0.374. The van der Waals surface area contributed by atoms with Gasteiger partial charge in [0.05, 0.1) is 24.2 Å². The molecule has 0 unspecified atom stereocenters. The van der Waals surface area contributed by atoms with Gasteiger partial charge in [-0.1, -0.05) is 30.3 Å². The first-order valence-electron chi connectivity index (χ1n) is 11.7. The monoisotopic (exact) mass is 481 g/mol. The summed E-state index contributed by atoms with van der Waals surface area (Å²) in [5, 5.41) is 5.92. The lowest BCUT2D eigenvalue weighted by molar-refractivity contribution is -0.115. The van der Waals surface area contributed by atoms with Crippen molar-refractivity contribution in [2.45, 2.75) is 52.6 Å². The zero-order valence-electron chi connectivity index (χ0n) is 20.7. The molecular formula is C27H35N3O3S. The van der Waals surface area contributed by atoms with Gasteiger partial charge in [-0.25, -0.2) is 4.98 Å². The number of aromatic nitrogens is 1. The maximum atomic E-state index is 12.6. The van der Waals surface area contributed by atoms with Crippen molar-refractivity contribution < 1.29 is 14.3 Å². The number of carbonyl (C=O) groups is 1. The van der Waals surface area contributed by atoms with Gasteiger partial charge in [-0.3, -0.25) is 9.69 Å². The summed E-state index contributed by atoms with van der Waals surface area (Å²) in [6.45, 7) is 10.1. The van der Waals surface area contributed by atoms with Gasteiger partial charge in [-0.05, 0) is 45.4 Å². The second kappa shape index (κ2) is 12.5. The normalized spacial score (nSPS) is 11.3. The number of hydrogen-bond donors (Lipinski definition) is 1. The lowest BCUT2D eigenvalue weighted by Gasteiger charge is -2.30. The fourth-order valence-corrected chi connectivity index (χ4v) is 4.72. The highest BCUT2D eigenvalue weighted by Gasteiger charge is 2.15. The first kappa shape index (κ1) is 25.7. The fourth-order valence-electron chi connectivity index (χ4n) is 3.89. The van der Waals surface area contributed by atoms with Gasteiger partial charge in [0.2, 0.25) is 5.91 Å². The van der Waals surface area contributed by atoms with E-state index in [-0.39, 0.29) is 12.3 Å². The Morgan fingerprint density at radius 2 is 1.79 bits per heavy atom. The maximum Gasteiger partial charge on any atom is 0.230 e. The molecule has 0 spiro atoms. The predicted molar refractivity (Wildman–Crippen MR) is 139 cm³/mol. The number of nitrogens with one attached hydrogen (secondary N) is 1. The zero-order valence-corrected chi connectivity index (χ0v) is 21.5. The third-order valence-corrected chi connectivity index (χ3v) is 6.42. The molecule has 0 aliphatic heterocycles. The number of rotatable bonds is 12. The summed E-state index contributed by atoms with van der Waals surface area (Å²) in [5.74, 6) is 1.15. The molecular weight excluding hydrogens is 446 g/mol. The second-order valence-electron chi connectivity index (χ2n) is 8.76. The Balaban J connectivity index is 1.57. The number of thiazole rings is 1. The molecule has 0 atom stereocenters. The minimum Gasteiger partial charge on any atom is -0.493 e. The average Bonchev–Trinajstić information content (AvgIpc) is 3.23. The predicted octanol–water partition coefficient (Wildman–Crippen LogP) is 5.42. The van der Waals surface area contributed by atoms with Crippen molar-refractivity contribution in [2.75, 3.05) is 25.6 Å². The van der Waals surface area contributed by atoms with Crippen molar-refractivity contribution in [1.82, 2.24) is 9.88 Å². The Bertz CT molecular complexity index is 1040. The van der Waals surface area contributed by atoms with Crippen molar-refractivity contribution in [3.8, 4) is 11.5 Å². The van der Waals surface area contributed by atoms with Crippen LogP contribution in [0.4, 0.5) is 5.69 Å². The SMILES string of the molecule is COc1ccc(NC(=O)Cc2csc(Cc3ccccc3)n2)cc1OCCN(C(C)C)C(C)C. The molecule has 182 valence electrons. The van der Waals surface area contributed by atoms with Crippen LogP contribution in [-0.4, -0.2) is 48.1 Å². The Labute approximate surface area is 206 Å². The van der Waals surface area contributed by atoms with E-state index in [1.54, 1.807) is 18.4 Å². The fraction of sp³-hybridized carbons (Fsp3) is 0.407. The summed E-state index contributed by atoms with van der Waals surface area (Å²) < 4.78 is 11.5. The number of carbonyl (C=O) groups excluding carboxylic acids is 1. The van der Waals surface area contributed by atoms with E-state index in [4.69, 9.17) is 9.47 Å². The lowest BCUT2D eigenvalue weighted by atomic mass is 10.2. The molecule has 34 heavy (non-hydrogen) atoms. The standard InChI is InChI=1S/C27H35N3O3S/c1-19(2)30(20(3)4)13-14-33-25-16-22(11-12-24(25)32-5)28-26(31)17-23-18-34-27(29-23)15-21-9-7-6-8-10-21/h6-12,16,18-20H,13-15,17H2,1-5H3,(H,28,31). The highest BCUT2D eigenvalue weighted by molar-refractivity contribution is 7.09. The van der Waals surface area contributed by atoms with Crippen molar-refractivity contribution in [3.63, 3.8) is 0 Å². The van der Waals surface area contributed by atoms with Crippen LogP contribution >= 0.6 is 11.3 Å². The molecule has 0 bridgehead atoms. The van der Waals surface area contributed by atoms with Crippen LogP contribution in [0.1, 0.15) is 44.0 Å². The minimum absolute atomic E-state index is 0.113. The summed E-state index contributed by atoms with van der Waals surface area (Å²) in [6, 6.07) is 16.5. The topological polar surface area (TPSA) is 63.7 Å². The molecule has 1 N–H and O–H groups in total. The van der Waals surface area contributed by atoms with E-state index in [1.165, 1.54) is 5.56 Å². The minimum atomic E-state index is -0.113. The molecule has 0 aliphatic carbocycles. The largest absolute Gasteiger partial charge is 0.493 e. The molecule has 2 aromatic carbocycles. The van der Waals surface area contributed by atoms with E-state index >= 15 is 0 Å². The Kier molecular flexibility index (Phi) is 9.48. The van der Waals surface area contributed by atoms with Gasteiger partial charge in [0.15, 0.2) is 11.5 Å². The molecule has 1 heterocycles. The average molecular weight is 482 g/mol. The zero-order chi connectivity index (χ0) is 24.5. The van der Waals surface area contributed by atoms with Crippen LogP contribution in [0.15, 0.2) is 53.9 Å². The molecule has 0 fully saturated rings. The van der Waals surface area contributed by atoms with Crippen LogP contribution in [-0.2, 0) is 17.6 Å². The third-order valence-electron chi connectivity index (χ3n) is 5.52. The second-order valence-corrected chi connectivity index (χ2v) is 9.70.